The summed E-state index contributed by atoms with van der Waals surface area (Å²) in [7, 11) is 0. The predicted molar refractivity (Wildman–Crippen MR) is 69.6 cm³/mol. The average molecular weight is 237 g/mol. The second-order valence-corrected chi connectivity index (χ2v) is 6.42. The highest BCUT2D eigenvalue weighted by atomic mass is 16.6. The molecule has 0 aromatic carbocycles. The Balaban J connectivity index is 2.84. The molecular weight excluding hydrogens is 214 g/mol. The fourth-order valence-corrected chi connectivity index (χ4v) is 1.69. The maximum atomic E-state index is 12.1. The average Bonchev–Trinajstić information content (AvgIpc) is 2.13. The molecule has 1 rings (SSSR count). The van der Waals surface area contributed by atoms with Crippen molar-refractivity contribution in [3.05, 3.63) is 24.4 Å². The number of nitrogens with zero attached hydrogens (tertiary/aromatic N) is 1. The zero-order valence-corrected chi connectivity index (χ0v) is 11.7. The van der Waals surface area contributed by atoms with Crippen LogP contribution >= 0.6 is 0 Å². The first kappa shape index (κ1) is 13.8. The summed E-state index contributed by atoms with van der Waals surface area (Å²) in [6.07, 6.45) is 7.34. The molecule has 0 radical (unpaired) electrons. The van der Waals surface area contributed by atoms with Gasteiger partial charge in [-0.3, -0.25) is 4.90 Å². The molecule has 0 aromatic rings. The summed E-state index contributed by atoms with van der Waals surface area (Å²) in [5.74, 6) is 0. The molecule has 0 saturated carbocycles. The molecule has 1 aliphatic heterocycles. The summed E-state index contributed by atoms with van der Waals surface area (Å²) in [5.41, 5.74) is -0.479. The van der Waals surface area contributed by atoms with Crippen LogP contribution < -0.4 is 0 Å². The van der Waals surface area contributed by atoms with Gasteiger partial charge in [0.2, 0.25) is 0 Å². The van der Waals surface area contributed by atoms with Gasteiger partial charge in [0, 0.05) is 6.20 Å². The van der Waals surface area contributed by atoms with E-state index in [0.717, 1.165) is 0 Å². The molecule has 0 spiro atoms. The Morgan fingerprint density at radius 2 is 1.71 bits per heavy atom. The second kappa shape index (κ2) is 4.55. The summed E-state index contributed by atoms with van der Waals surface area (Å²) >= 11 is 0. The normalized spacial score (nSPS) is 20.6. The van der Waals surface area contributed by atoms with Crippen LogP contribution in [0.25, 0.3) is 0 Å². The Morgan fingerprint density at radius 1 is 1.12 bits per heavy atom. The number of carbonyl (C=O) groups excluding carboxylic acids is 1. The molecule has 17 heavy (non-hydrogen) atoms. The van der Waals surface area contributed by atoms with Gasteiger partial charge >= 0.3 is 6.09 Å². The third-order valence-electron chi connectivity index (χ3n) is 2.44. The summed E-state index contributed by atoms with van der Waals surface area (Å²) in [4.78, 5) is 13.7. The van der Waals surface area contributed by atoms with Gasteiger partial charge in [0.15, 0.2) is 0 Å². The van der Waals surface area contributed by atoms with Gasteiger partial charge in [-0.15, -0.1) is 0 Å². The smallest absolute Gasteiger partial charge is 0.414 e. The van der Waals surface area contributed by atoms with Gasteiger partial charge in [0.05, 0.1) is 6.04 Å². The summed E-state index contributed by atoms with van der Waals surface area (Å²) in [6.45, 7) is 12.0. The lowest BCUT2D eigenvalue weighted by Crippen LogP contribution is -2.46. The number of carbonyl (C=O) groups is 1. The quantitative estimate of drug-likeness (QED) is 0.642. The van der Waals surface area contributed by atoms with E-state index in [1.54, 1.807) is 11.1 Å². The third-order valence-corrected chi connectivity index (χ3v) is 2.44. The standard InChI is InChI=1S/C14H23NO2/c1-13(2,3)11-9-7-8-10-15(11)12(16)17-14(4,5)6/h7-11H,1-6H3. The van der Waals surface area contributed by atoms with Crippen molar-refractivity contribution in [1.29, 1.82) is 0 Å². The molecular formula is C14H23NO2. The van der Waals surface area contributed by atoms with E-state index in [4.69, 9.17) is 4.74 Å². The minimum absolute atomic E-state index is 0.0157. The summed E-state index contributed by atoms with van der Waals surface area (Å²) in [6, 6.07) is 0.0300. The van der Waals surface area contributed by atoms with Crippen LogP contribution in [-0.2, 0) is 4.74 Å². The minimum Gasteiger partial charge on any atom is -0.443 e. The third kappa shape index (κ3) is 3.91. The molecule has 3 heteroatoms. The van der Waals surface area contributed by atoms with E-state index in [9.17, 15) is 4.79 Å². The number of rotatable bonds is 0. The van der Waals surface area contributed by atoms with Crippen LogP contribution in [0.3, 0.4) is 0 Å². The molecule has 0 N–H and O–H groups in total. The first-order valence-electron chi connectivity index (χ1n) is 5.97. The van der Waals surface area contributed by atoms with Gasteiger partial charge < -0.3 is 4.74 Å². The second-order valence-electron chi connectivity index (χ2n) is 6.42. The van der Waals surface area contributed by atoms with Crippen molar-refractivity contribution >= 4 is 6.09 Å². The zero-order chi connectivity index (χ0) is 13.3. The highest BCUT2D eigenvalue weighted by Crippen LogP contribution is 2.29. The van der Waals surface area contributed by atoms with E-state index in [0.29, 0.717) is 0 Å². The Morgan fingerprint density at radius 3 is 2.18 bits per heavy atom. The minimum atomic E-state index is -0.464. The highest BCUT2D eigenvalue weighted by Gasteiger charge is 2.33. The van der Waals surface area contributed by atoms with Crippen molar-refractivity contribution in [2.24, 2.45) is 5.41 Å². The monoisotopic (exact) mass is 237 g/mol. The topological polar surface area (TPSA) is 29.5 Å². The maximum absolute atomic E-state index is 12.1. The molecule has 96 valence electrons. The molecule has 0 aromatic heterocycles. The Hall–Kier alpha value is -1.25. The lowest BCUT2D eigenvalue weighted by molar-refractivity contribution is 0.0214. The first-order chi connectivity index (χ1) is 7.61. The van der Waals surface area contributed by atoms with Crippen LogP contribution in [0.15, 0.2) is 24.4 Å². The van der Waals surface area contributed by atoms with E-state index in [2.05, 4.69) is 20.8 Å². The van der Waals surface area contributed by atoms with Crippen LogP contribution in [-0.4, -0.2) is 22.6 Å². The number of allylic oxidation sites excluding steroid dienone is 2. The van der Waals surface area contributed by atoms with Crippen LogP contribution in [0, 0.1) is 5.41 Å². The maximum Gasteiger partial charge on any atom is 0.414 e. The van der Waals surface area contributed by atoms with E-state index >= 15 is 0 Å². The fourth-order valence-electron chi connectivity index (χ4n) is 1.69. The van der Waals surface area contributed by atoms with Gasteiger partial charge in [-0.05, 0) is 32.3 Å². The van der Waals surface area contributed by atoms with Crippen LogP contribution in [0.5, 0.6) is 0 Å². The molecule has 1 unspecified atom stereocenters. The van der Waals surface area contributed by atoms with E-state index in [-0.39, 0.29) is 17.6 Å². The predicted octanol–water partition coefficient (Wildman–Crippen LogP) is 3.72. The number of hydrogen-bond acceptors (Lipinski definition) is 2. The largest absolute Gasteiger partial charge is 0.443 e. The first-order valence-corrected chi connectivity index (χ1v) is 5.97. The van der Waals surface area contributed by atoms with Gasteiger partial charge in [0.1, 0.15) is 5.60 Å². The molecule has 1 heterocycles. The fraction of sp³-hybridized carbons (Fsp3) is 0.643. The van der Waals surface area contributed by atoms with Gasteiger partial charge in [-0.1, -0.05) is 32.9 Å². The lowest BCUT2D eigenvalue weighted by atomic mass is 9.85. The van der Waals surface area contributed by atoms with Gasteiger partial charge in [-0.2, -0.15) is 0 Å². The Kier molecular flexibility index (Phi) is 3.70. The Bertz CT molecular complexity index is 342. The molecule has 1 amide bonds. The molecule has 1 atom stereocenters. The van der Waals surface area contributed by atoms with E-state index in [1.165, 1.54) is 0 Å². The Labute approximate surface area is 104 Å². The molecule has 0 aliphatic carbocycles. The van der Waals surface area contributed by atoms with Gasteiger partial charge in [-0.25, -0.2) is 4.79 Å². The molecule has 0 fully saturated rings. The number of amides is 1. The molecule has 1 aliphatic rings. The zero-order valence-electron chi connectivity index (χ0n) is 11.7. The van der Waals surface area contributed by atoms with Crippen molar-refractivity contribution < 1.29 is 9.53 Å². The summed E-state index contributed by atoms with van der Waals surface area (Å²) < 4.78 is 5.40. The SMILES string of the molecule is CC(C)(C)OC(=O)N1C=CC=CC1C(C)(C)C. The van der Waals surface area contributed by atoms with Gasteiger partial charge in [0.25, 0.3) is 0 Å². The van der Waals surface area contributed by atoms with Crippen LogP contribution in [0.1, 0.15) is 41.5 Å². The molecule has 3 nitrogen and oxygen atoms in total. The van der Waals surface area contributed by atoms with E-state index in [1.807, 2.05) is 39.0 Å². The lowest BCUT2D eigenvalue weighted by Gasteiger charge is -2.38. The van der Waals surface area contributed by atoms with Crippen molar-refractivity contribution in [2.45, 2.75) is 53.2 Å². The van der Waals surface area contributed by atoms with Crippen LogP contribution in [0.4, 0.5) is 4.79 Å². The summed E-state index contributed by atoms with van der Waals surface area (Å²) in [5, 5.41) is 0. The number of ether oxygens (including phenoxy) is 1. The van der Waals surface area contributed by atoms with Crippen molar-refractivity contribution in [3.8, 4) is 0 Å². The van der Waals surface area contributed by atoms with E-state index < -0.39 is 5.60 Å². The highest BCUT2D eigenvalue weighted by molar-refractivity contribution is 5.70. The van der Waals surface area contributed by atoms with Crippen molar-refractivity contribution in [2.75, 3.05) is 0 Å². The van der Waals surface area contributed by atoms with Crippen LogP contribution in [0.2, 0.25) is 0 Å². The van der Waals surface area contributed by atoms with Crippen molar-refractivity contribution in [3.63, 3.8) is 0 Å². The molecule has 0 saturated heterocycles. The molecule has 0 bridgehead atoms. The van der Waals surface area contributed by atoms with Crippen molar-refractivity contribution in [1.82, 2.24) is 4.90 Å². The number of hydrogen-bond donors (Lipinski definition) is 0.